The van der Waals surface area contributed by atoms with Gasteiger partial charge in [-0.1, -0.05) is 4.49 Å². The fourth-order valence-electron chi connectivity index (χ4n) is 1.93. The van der Waals surface area contributed by atoms with Gasteiger partial charge in [-0.3, -0.25) is 9.59 Å². The van der Waals surface area contributed by atoms with Gasteiger partial charge < -0.3 is 10.0 Å². The van der Waals surface area contributed by atoms with Crippen molar-refractivity contribution >= 4 is 23.4 Å². The number of hydrogen-bond acceptors (Lipinski definition) is 5. The van der Waals surface area contributed by atoms with Crippen molar-refractivity contribution in [2.24, 2.45) is 5.41 Å². The van der Waals surface area contributed by atoms with Gasteiger partial charge in [-0.2, -0.15) is 13.2 Å². The minimum atomic E-state index is -4.91. The van der Waals surface area contributed by atoms with Crippen LogP contribution in [0.3, 0.4) is 0 Å². The quantitative estimate of drug-likeness (QED) is 0.880. The van der Waals surface area contributed by atoms with E-state index in [1.54, 1.807) is 0 Å². The lowest BCUT2D eigenvalue weighted by Crippen LogP contribution is -2.47. The number of aromatic nitrogens is 2. The maximum atomic E-state index is 12.9. The summed E-state index contributed by atoms with van der Waals surface area (Å²) in [7, 11) is 0. The average molecular weight is 295 g/mol. The first-order chi connectivity index (χ1) is 8.78. The maximum absolute atomic E-state index is 12.9. The number of aliphatic carboxylic acids is 1. The average Bonchev–Trinajstić information content (AvgIpc) is 2.97. The number of rotatable bonds is 2. The van der Waals surface area contributed by atoms with Crippen LogP contribution in [-0.4, -0.2) is 50.7 Å². The second kappa shape index (κ2) is 4.44. The molecule has 1 N–H and O–H groups in total. The molecular formula is C9H8F3N3O3S. The Hall–Kier alpha value is -1.71. The van der Waals surface area contributed by atoms with Crippen LogP contribution >= 0.6 is 11.5 Å². The van der Waals surface area contributed by atoms with Crippen LogP contribution in [0.5, 0.6) is 0 Å². The number of halogens is 3. The fourth-order valence-corrected chi connectivity index (χ4v) is 2.36. The van der Waals surface area contributed by atoms with Gasteiger partial charge >= 0.3 is 12.1 Å². The lowest BCUT2D eigenvalue weighted by molar-refractivity contribution is -0.227. The summed E-state index contributed by atoms with van der Waals surface area (Å²) in [5.41, 5.74) is -2.97. The van der Waals surface area contributed by atoms with Crippen molar-refractivity contribution in [1.29, 1.82) is 0 Å². The van der Waals surface area contributed by atoms with E-state index in [-0.39, 0.29) is 12.2 Å². The third-order valence-corrected chi connectivity index (χ3v) is 3.59. The molecule has 2 rings (SSSR count). The highest BCUT2D eigenvalue weighted by Gasteiger charge is 2.64. The lowest BCUT2D eigenvalue weighted by atomic mass is 9.86. The molecule has 6 nitrogen and oxygen atoms in total. The van der Waals surface area contributed by atoms with Crippen molar-refractivity contribution in [2.75, 3.05) is 13.1 Å². The summed E-state index contributed by atoms with van der Waals surface area (Å²) in [6.07, 6.45) is -5.57. The molecule has 1 atom stereocenters. The van der Waals surface area contributed by atoms with Gasteiger partial charge in [-0.25, -0.2) is 0 Å². The molecule has 10 heteroatoms. The van der Waals surface area contributed by atoms with Crippen molar-refractivity contribution in [3.8, 4) is 0 Å². The van der Waals surface area contributed by atoms with Crippen molar-refractivity contribution in [3.05, 3.63) is 11.1 Å². The molecule has 0 spiro atoms. The van der Waals surface area contributed by atoms with Gasteiger partial charge in [0.05, 0.1) is 0 Å². The van der Waals surface area contributed by atoms with Crippen LogP contribution in [0.1, 0.15) is 16.9 Å². The monoisotopic (exact) mass is 295 g/mol. The molecule has 0 radical (unpaired) electrons. The molecule has 1 aromatic heterocycles. The second-order valence-corrected chi connectivity index (χ2v) is 4.76. The zero-order chi connectivity index (χ0) is 14.3. The van der Waals surface area contributed by atoms with E-state index < -0.39 is 36.4 Å². The summed E-state index contributed by atoms with van der Waals surface area (Å²) in [5.74, 6) is -2.70. The Balaban J connectivity index is 2.23. The van der Waals surface area contributed by atoms with Crippen molar-refractivity contribution in [2.45, 2.75) is 12.6 Å². The number of carboxylic acids is 1. The molecular weight excluding hydrogens is 287 g/mol. The predicted molar refractivity (Wildman–Crippen MR) is 56.6 cm³/mol. The molecule has 1 aromatic rings. The van der Waals surface area contributed by atoms with Crippen LogP contribution in [0.2, 0.25) is 0 Å². The van der Waals surface area contributed by atoms with Gasteiger partial charge in [0.2, 0.25) is 0 Å². The summed E-state index contributed by atoms with van der Waals surface area (Å²) in [5, 5.41) is 13.6. The molecule has 0 aromatic carbocycles. The summed E-state index contributed by atoms with van der Waals surface area (Å²) in [6.45, 7) is -1.18. The Morgan fingerprint density at radius 2 is 2.16 bits per heavy atom. The van der Waals surface area contributed by atoms with Crippen LogP contribution in [-0.2, 0) is 4.79 Å². The first kappa shape index (κ1) is 13.7. The number of carboxylic acid groups (broad SMARTS) is 1. The zero-order valence-electron chi connectivity index (χ0n) is 9.35. The van der Waals surface area contributed by atoms with E-state index in [0.717, 1.165) is 16.4 Å². The summed E-state index contributed by atoms with van der Waals surface area (Å²) in [4.78, 5) is 23.6. The topological polar surface area (TPSA) is 83.4 Å². The van der Waals surface area contributed by atoms with Crippen LogP contribution in [0.25, 0.3) is 0 Å². The number of hydrogen-bond donors (Lipinski definition) is 1. The van der Waals surface area contributed by atoms with Gasteiger partial charge in [0.15, 0.2) is 11.1 Å². The summed E-state index contributed by atoms with van der Waals surface area (Å²) < 4.78 is 42.1. The molecule has 1 amide bonds. The number of nitrogens with zero attached hydrogens (tertiary/aromatic N) is 3. The molecule has 1 aliphatic rings. The van der Waals surface area contributed by atoms with E-state index in [1.165, 1.54) is 5.38 Å². The van der Waals surface area contributed by atoms with Crippen LogP contribution < -0.4 is 0 Å². The van der Waals surface area contributed by atoms with Gasteiger partial charge in [0, 0.05) is 18.5 Å². The van der Waals surface area contributed by atoms with Crippen molar-refractivity contribution in [3.63, 3.8) is 0 Å². The first-order valence-electron chi connectivity index (χ1n) is 5.14. The van der Waals surface area contributed by atoms with Gasteiger partial charge in [0.25, 0.3) is 5.91 Å². The second-order valence-electron chi connectivity index (χ2n) is 4.15. The third-order valence-electron chi connectivity index (χ3n) is 3.09. The summed E-state index contributed by atoms with van der Waals surface area (Å²) in [6, 6.07) is 0. The Kier molecular flexibility index (Phi) is 3.20. The first-order valence-corrected chi connectivity index (χ1v) is 5.98. The molecule has 19 heavy (non-hydrogen) atoms. The third kappa shape index (κ3) is 2.15. The van der Waals surface area contributed by atoms with E-state index in [0.29, 0.717) is 0 Å². The van der Waals surface area contributed by atoms with E-state index in [1.807, 2.05) is 0 Å². The molecule has 0 saturated carbocycles. The number of likely N-dealkylation sites (tertiary alicyclic amines) is 1. The highest BCUT2D eigenvalue weighted by molar-refractivity contribution is 7.03. The van der Waals surface area contributed by atoms with Crippen LogP contribution in [0, 0.1) is 5.41 Å². The minimum Gasteiger partial charge on any atom is -0.481 e. The van der Waals surface area contributed by atoms with Crippen LogP contribution in [0.15, 0.2) is 5.38 Å². The molecule has 1 aliphatic heterocycles. The number of amides is 1. The number of alkyl halides is 3. The fraction of sp³-hybridized carbons (Fsp3) is 0.556. The van der Waals surface area contributed by atoms with Gasteiger partial charge in [-0.05, 0) is 18.0 Å². The Bertz CT molecular complexity index is 505. The normalized spacial score (nSPS) is 23.6. The highest BCUT2D eigenvalue weighted by atomic mass is 32.1. The number of carbonyl (C=O) groups is 2. The zero-order valence-corrected chi connectivity index (χ0v) is 10.2. The number of carbonyl (C=O) groups excluding carboxylic acids is 1. The molecule has 104 valence electrons. The molecule has 1 fully saturated rings. The molecule has 1 unspecified atom stereocenters. The molecule has 2 heterocycles. The SMILES string of the molecule is O=C(c1csnn1)N1CCC(C(=O)O)(C(F)(F)F)C1. The smallest absolute Gasteiger partial charge is 0.406 e. The maximum Gasteiger partial charge on any atom is 0.406 e. The van der Waals surface area contributed by atoms with E-state index in [2.05, 4.69) is 9.59 Å². The van der Waals surface area contributed by atoms with Crippen LogP contribution in [0.4, 0.5) is 13.2 Å². The largest absolute Gasteiger partial charge is 0.481 e. The summed E-state index contributed by atoms with van der Waals surface area (Å²) >= 11 is 0.891. The predicted octanol–water partition coefficient (Wildman–Crippen LogP) is 1.02. The van der Waals surface area contributed by atoms with Crippen molar-refractivity contribution < 1.29 is 27.9 Å². The van der Waals surface area contributed by atoms with Gasteiger partial charge in [-0.15, -0.1) is 5.10 Å². The Labute approximate surface area is 109 Å². The van der Waals surface area contributed by atoms with E-state index in [9.17, 15) is 22.8 Å². The van der Waals surface area contributed by atoms with Crippen molar-refractivity contribution in [1.82, 2.24) is 14.5 Å². The molecule has 1 saturated heterocycles. The Morgan fingerprint density at radius 1 is 1.47 bits per heavy atom. The Morgan fingerprint density at radius 3 is 2.58 bits per heavy atom. The molecule has 0 bridgehead atoms. The van der Waals surface area contributed by atoms with Gasteiger partial charge in [0.1, 0.15) is 0 Å². The standard InChI is InChI=1S/C9H8F3N3O3S/c10-9(11,12)8(7(17)18)1-2-15(4-8)6(16)5-3-19-14-13-5/h3H,1-2,4H2,(H,17,18). The highest BCUT2D eigenvalue weighted by Crippen LogP contribution is 2.45. The molecule has 0 aliphatic carbocycles. The minimum absolute atomic E-state index is 0.0756. The van der Waals surface area contributed by atoms with E-state index >= 15 is 0 Å². The van der Waals surface area contributed by atoms with E-state index in [4.69, 9.17) is 5.11 Å². The lowest BCUT2D eigenvalue weighted by Gasteiger charge is -2.26.